The second-order valence-corrected chi connectivity index (χ2v) is 10.5. The number of piperidine rings is 1. The number of hydrogen-bond acceptors (Lipinski definition) is 5. The van der Waals surface area contributed by atoms with Crippen molar-refractivity contribution in [3.05, 3.63) is 67.2 Å². The van der Waals surface area contributed by atoms with E-state index >= 15 is 0 Å². The zero-order valence-electron chi connectivity index (χ0n) is 20.1. The summed E-state index contributed by atoms with van der Waals surface area (Å²) in [6.07, 6.45) is -4.59. The third-order valence-corrected chi connectivity index (χ3v) is 8.00. The number of benzene rings is 1. The van der Waals surface area contributed by atoms with Gasteiger partial charge in [0, 0.05) is 26.2 Å². The van der Waals surface area contributed by atoms with Gasteiger partial charge in [-0.3, -0.25) is 18.7 Å². The number of likely N-dealkylation sites (tertiary alicyclic amines) is 1. The van der Waals surface area contributed by atoms with E-state index in [1.54, 1.807) is 18.7 Å². The highest BCUT2D eigenvalue weighted by molar-refractivity contribution is 7.20. The van der Waals surface area contributed by atoms with Crippen LogP contribution in [0, 0.1) is 6.92 Å². The van der Waals surface area contributed by atoms with Gasteiger partial charge in [0.1, 0.15) is 4.83 Å². The number of carbonyl (C=O) groups is 1. The molecule has 0 saturated carbocycles. The maximum Gasteiger partial charge on any atom is 0.390 e. The predicted octanol–water partition coefficient (Wildman–Crippen LogP) is 3.72. The van der Waals surface area contributed by atoms with Crippen molar-refractivity contribution >= 4 is 27.5 Å². The fourth-order valence-electron chi connectivity index (χ4n) is 4.45. The fraction of sp³-hybridized carbons (Fsp3) is 0.480. The summed E-state index contributed by atoms with van der Waals surface area (Å²) in [7, 11) is 0. The Kier molecular flexibility index (Phi) is 7.16. The van der Waals surface area contributed by atoms with Crippen molar-refractivity contribution in [3.8, 4) is 0 Å². The summed E-state index contributed by atoms with van der Waals surface area (Å²) in [5.74, 6) is -0.353. The van der Waals surface area contributed by atoms with Gasteiger partial charge < -0.3 is 10.0 Å². The minimum atomic E-state index is -4.49. The van der Waals surface area contributed by atoms with E-state index in [-0.39, 0.29) is 27.5 Å². The third kappa shape index (κ3) is 5.41. The van der Waals surface area contributed by atoms with Crippen LogP contribution >= 0.6 is 11.3 Å². The molecule has 1 amide bonds. The van der Waals surface area contributed by atoms with E-state index in [4.69, 9.17) is 0 Å². The largest absolute Gasteiger partial charge is 0.390 e. The fourth-order valence-corrected chi connectivity index (χ4v) is 5.74. The Balaban J connectivity index is 1.79. The first kappa shape index (κ1) is 26.2. The number of halogens is 3. The van der Waals surface area contributed by atoms with Crippen molar-refractivity contribution in [1.82, 2.24) is 14.0 Å². The standard InChI is InChI=1S/C25H28F3N3O4S/c1-16-18-20(32)30(12-8-17-6-4-3-5-7-17)23(34)31(15-11-25(26,27)28)22(18)36-19(16)21(33)29-13-9-24(2,35)10-14-29/h3-7,35H,8-15H2,1-2H3. The van der Waals surface area contributed by atoms with E-state index in [0.717, 1.165) is 26.0 Å². The highest BCUT2D eigenvalue weighted by atomic mass is 32.1. The van der Waals surface area contributed by atoms with Gasteiger partial charge in [-0.25, -0.2) is 4.79 Å². The number of alkyl halides is 3. The summed E-state index contributed by atoms with van der Waals surface area (Å²) < 4.78 is 41.2. The summed E-state index contributed by atoms with van der Waals surface area (Å²) in [6, 6.07) is 9.17. The molecule has 3 aromatic rings. The topological polar surface area (TPSA) is 84.5 Å². The van der Waals surface area contributed by atoms with E-state index < -0.39 is 36.0 Å². The zero-order chi connectivity index (χ0) is 26.3. The second-order valence-electron chi connectivity index (χ2n) is 9.52. The highest BCUT2D eigenvalue weighted by Crippen LogP contribution is 2.32. The van der Waals surface area contributed by atoms with Crippen molar-refractivity contribution in [2.75, 3.05) is 13.1 Å². The molecular weight excluding hydrogens is 495 g/mol. The van der Waals surface area contributed by atoms with Gasteiger partial charge in [0.05, 0.1) is 22.3 Å². The molecule has 2 aromatic heterocycles. The van der Waals surface area contributed by atoms with Crippen LogP contribution in [0.15, 0.2) is 39.9 Å². The molecule has 1 aliphatic rings. The number of aromatic nitrogens is 2. The number of aryl methyl sites for hydroxylation is 3. The van der Waals surface area contributed by atoms with Crippen LogP contribution < -0.4 is 11.2 Å². The summed E-state index contributed by atoms with van der Waals surface area (Å²) >= 11 is 0.883. The Labute approximate surface area is 209 Å². The van der Waals surface area contributed by atoms with Crippen LogP contribution in [0.4, 0.5) is 13.2 Å². The molecule has 11 heteroatoms. The monoisotopic (exact) mass is 523 g/mol. The molecule has 7 nitrogen and oxygen atoms in total. The normalized spacial score (nSPS) is 16.0. The molecule has 1 aromatic carbocycles. The maximum absolute atomic E-state index is 13.4. The van der Waals surface area contributed by atoms with Crippen LogP contribution in [-0.2, 0) is 19.5 Å². The average molecular weight is 524 g/mol. The first-order valence-corrected chi connectivity index (χ1v) is 12.6. The SMILES string of the molecule is Cc1c(C(=O)N2CCC(C)(O)CC2)sc2c1c(=O)n(CCc1ccccc1)c(=O)n2CCC(F)(F)F. The molecule has 3 heterocycles. The lowest BCUT2D eigenvalue weighted by Gasteiger charge is -2.35. The number of fused-ring (bicyclic) bond motifs is 1. The molecule has 1 N–H and O–H groups in total. The maximum atomic E-state index is 13.4. The van der Waals surface area contributed by atoms with E-state index in [1.807, 2.05) is 30.3 Å². The molecule has 4 rings (SSSR count). The van der Waals surface area contributed by atoms with E-state index in [9.17, 15) is 32.7 Å². The molecule has 0 aliphatic carbocycles. The second kappa shape index (κ2) is 9.85. The lowest BCUT2D eigenvalue weighted by atomic mass is 9.94. The lowest BCUT2D eigenvalue weighted by Crippen LogP contribution is -2.45. The quantitative estimate of drug-likeness (QED) is 0.534. The van der Waals surface area contributed by atoms with Crippen molar-refractivity contribution in [2.45, 2.75) is 64.4 Å². The van der Waals surface area contributed by atoms with Crippen molar-refractivity contribution < 1.29 is 23.1 Å². The molecule has 0 bridgehead atoms. The number of rotatable bonds is 6. The first-order valence-electron chi connectivity index (χ1n) is 11.8. The summed E-state index contributed by atoms with van der Waals surface area (Å²) in [5, 5.41) is 10.3. The van der Waals surface area contributed by atoms with Crippen molar-refractivity contribution in [2.24, 2.45) is 0 Å². The number of aliphatic hydroxyl groups is 1. The molecule has 194 valence electrons. The van der Waals surface area contributed by atoms with E-state index in [1.165, 1.54) is 0 Å². The molecule has 0 unspecified atom stereocenters. The summed E-state index contributed by atoms with van der Waals surface area (Å²) in [5.41, 5.74) is -1.05. The van der Waals surface area contributed by atoms with Gasteiger partial charge in [0.25, 0.3) is 11.5 Å². The lowest BCUT2D eigenvalue weighted by molar-refractivity contribution is -0.136. The third-order valence-electron chi connectivity index (χ3n) is 6.70. The van der Waals surface area contributed by atoms with Gasteiger partial charge in [-0.2, -0.15) is 13.2 Å². The molecular formula is C25H28F3N3O4S. The van der Waals surface area contributed by atoms with Crippen LogP contribution in [-0.4, -0.2) is 49.9 Å². The minimum Gasteiger partial charge on any atom is -0.390 e. The molecule has 1 fully saturated rings. The molecule has 0 radical (unpaired) electrons. The van der Waals surface area contributed by atoms with Gasteiger partial charge in [-0.1, -0.05) is 30.3 Å². The number of amides is 1. The van der Waals surface area contributed by atoms with Crippen molar-refractivity contribution in [3.63, 3.8) is 0 Å². The Bertz CT molecular complexity index is 1380. The Hall–Kier alpha value is -2.92. The van der Waals surface area contributed by atoms with E-state index in [0.29, 0.717) is 37.9 Å². The van der Waals surface area contributed by atoms with Crippen LogP contribution in [0.3, 0.4) is 0 Å². The smallest absolute Gasteiger partial charge is 0.390 e. The molecule has 0 spiro atoms. The van der Waals surface area contributed by atoms with Gasteiger partial charge in [-0.05, 0) is 44.2 Å². The zero-order valence-corrected chi connectivity index (χ0v) is 20.9. The Morgan fingerprint density at radius 2 is 1.72 bits per heavy atom. The minimum absolute atomic E-state index is 0.00338. The van der Waals surface area contributed by atoms with E-state index in [2.05, 4.69) is 0 Å². The van der Waals surface area contributed by atoms with Gasteiger partial charge in [-0.15, -0.1) is 11.3 Å². The number of carbonyl (C=O) groups excluding carboxylic acids is 1. The molecule has 1 aliphatic heterocycles. The van der Waals surface area contributed by atoms with Crippen LogP contribution in [0.1, 0.15) is 47.0 Å². The first-order chi connectivity index (χ1) is 16.9. The molecule has 36 heavy (non-hydrogen) atoms. The Morgan fingerprint density at radius 1 is 1.08 bits per heavy atom. The van der Waals surface area contributed by atoms with Gasteiger partial charge in [0.2, 0.25) is 0 Å². The Morgan fingerprint density at radius 3 is 2.33 bits per heavy atom. The number of hydrogen-bond donors (Lipinski definition) is 1. The van der Waals surface area contributed by atoms with Gasteiger partial charge >= 0.3 is 11.9 Å². The summed E-state index contributed by atoms with van der Waals surface area (Å²) in [6.45, 7) is 3.29. The van der Waals surface area contributed by atoms with Crippen LogP contribution in [0.2, 0.25) is 0 Å². The van der Waals surface area contributed by atoms with Gasteiger partial charge in [0.15, 0.2) is 0 Å². The number of nitrogens with zero attached hydrogens (tertiary/aromatic N) is 3. The average Bonchev–Trinajstić information content (AvgIpc) is 3.15. The molecule has 1 saturated heterocycles. The summed E-state index contributed by atoms with van der Waals surface area (Å²) in [4.78, 5) is 41.8. The number of thiophene rings is 1. The van der Waals surface area contributed by atoms with Crippen molar-refractivity contribution in [1.29, 1.82) is 0 Å². The molecule has 0 atom stereocenters. The predicted molar refractivity (Wildman–Crippen MR) is 132 cm³/mol. The van der Waals surface area contributed by atoms with Crippen LogP contribution in [0.5, 0.6) is 0 Å². The highest BCUT2D eigenvalue weighted by Gasteiger charge is 2.33. The van der Waals surface area contributed by atoms with Crippen LogP contribution in [0.25, 0.3) is 10.2 Å².